The number of anilines is 1. The summed E-state index contributed by atoms with van der Waals surface area (Å²) in [6.45, 7) is 5.48. The topological polar surface area (TPSA) is 45.2 Å². The number of nitrogens with one attached hydrogen (secondary N) is 1. The molecule has 5 heteroatoms. The summed E-state index contributed by atoms with van der Waals surface area (Å²) in [6.07, 6.45) is 3.79. The molecule has 1 N–H and O–H groups in total. The van der Waals surface area contributed by atoms with Crippen molar-refractivity contribution in [2.45, 2.75) is 51.7 Å². The fourth-order valence-corrected chi connectivity index (χ4v) is 4.97. The summed E-state index contributed by atoms with van der Waals surface area (Å²) >= 11 is 0. The molecule has 3 aromatic carbocycles. The van der Waals surface area contributed by atoms with E-state index in [-0.39, 0.29) is 11.7 Å². The lowest BCUT2D eigenvalue weighted by Gasteiger charge is -2.38. The second kappa shape index (κ2) is 9.96. The summed E-state index contributed by atoms with van der Waals surface area (Å²) in [4.78, 5) is 20.2. The lowest BCUT2D eigenvalue weighted by molar-refractivity contribution is 0.0939. The SMILES string of the molecule is CC1CCCC(C)N1Cc1ccc2cc(NC(=O)c3ccc(-c4ccc(F)cc4)cc3)ccc2n1. The van der Waals surface area contributed by atoms with Crippen molar-refractivity contribution < 1.29 is 9.18 Å². The maximum absolute atomic E-state index is 13.2. The number of carbonyl (C=O) groups excluding carboxylic acids is 1. The minimum atomic E-state index is -0.266. The van der Waals surface area contributed by atoms with Crippen LogP contribution in [0.2, 0.25) is 0 Å². The molecule has 5 rings (SSSR count). The van der Waals surface area contributed by atoms with Crippen LogP contribution in [0.3, 0.4) is 0 Å². The smallest absolute Gasteiger partial charge is 0.255 e. The third-order valence-electron chi connectivity index (χ3n) is 7.05. The van der Waals surface area contributed by atoms with Crippen molar-refractivity contribution >= 4 is 22.5 Å². The predicted molar refractivity (Wildman–Crippen MR) is 140 cm³/mol. The molecule has 2 unspecified atom stereocenters. The predicted octanol–water partition coefficient (Wildman–Crippen LogP) is 7.06. The quantitative estimate of drug-likeness (QED) is 0.342. The fourth-order valence-electron chi connectivity index (χ4n) is 4.97. The number of likely N-dealkylation sites (tertiary alicyclic amines) is 1. The molecule has 4 aromatic rings. The standard InChI is InChI=1S/C30H30FN3O/c1-20-4-3-5-21(2)34(20)19-28-15-12-25-18-27(16-17-29(25)32-28)33-30(35)24-8-6-22(7-9-24)23-10-13-26(31)14-11-23/h6-18,20-21H,3-5,19H2,1-2H3,(H,33,35). The number of nitrogens with zero attached hydrogens (tertiary/aromatic N) is 2. The van der Waals surface area contributed by atoms with Gasteiger partial charge >= 0.3 is 0 Å². The van der Waals surface area contributed by atoms with Crippen molar-refractivity contribution in [3.05, 3.63) is 95.9 Å². The highest BCUT2D eigenvalue weighted by molar-refractivity contribution is 6.05. The monoisotopic (exact) mass is 467 g/mol. The third-order valence-corrected chi connectivity index (χ3v) is 7.05. The zero-order valence-corrected chi connectivity index (χ0v) is 20.2. The van der Waals surface area contributed by atoms with Crippen molar-refractivity contribution in [1.82, 2.24) is 9.88 Å². The number of fused-ring (bicyclic) bond motifs is 1. The Labute approximate surface area is 205 Å². The highest BCUT2D eigenvalue weighted by Gasteiger charge is 2.24. The van der Waals surface area contributed by atoms with E-state index >= 15 is 0 Å². The largest absolute Gasteiger partial charge is 0.322 e. The molecule has 2 atom stereocenters. The van der Waals surface area contributed by atoms with Crippen LogP contribution in [0.4, 0.5) is 10.1 Å². The van der Waals surface area contributed by atoms with E-state index in [1.54, 1.807) is 24.3 Å². The summed E-state index contributed by atoms with van der Waals surface area (Å²) in [5.41, 5.74) is 5.15. The van der Waals surface area contributed by atoms with Crippen LogP contribution in [0, 0.1) is 5.82 Å². The number of pyridine rings is 1. The molecule has 0 bridgehead atoms. The first-order valence-electron chi connectivity index (χ1n) is 12.3. The molecule has 0 saturated carbocycles. The van der Waals surface area contributed by atoms with E-state index in [1.807, 2.05) is 30.3 Å². The van der Waals surface area contributed by atoms with Crippen molar-refractivity contribution in [3.8, 4) is 11.1 Å². The number of rotatable bonds is 5. The van der Waals surface area contributed by atoms with Crippen LogP contribution < -0.4 is 5.32 Å². The van der Waals surface area contributed by atoms with Crippen LogP contribution in [0.25, 0.3) is 22.0 Å². The van der Waals surface area contributed by atoms with Gasteiger partial charge in [0.1, 0.15) is 5.82 Å². The van der Waals surface area contributed by atoms with Crippen molar-refractivity contribution in [2.75, 3.05) is 5.32 Å². The van der Waals surface area contributed by atoms with Crippen LogP contribution in [-0.4, -0.2) is 27.9 Å². The average Bonchev–Trinajstić information content (AvgIpc) is 2.87. The Morgan fingerprint density at radius 2 is 1.57 bits per heavy atom. The van der Waals surface area contributed by atoms with Crippen molar-refractivity contribution in [3.63, 3.8) is 0 Å². The van der Waals surface area contributed by atoms with Gasteiger partial charge in [-0.15, -0.1) is 0 Å². The first-order chi connectivity index (χ1) is 17.0. The van der Waals surface area contributed by atoms with E-state index in [0.29, 0.717) is 17.6 Å². The van der Waals surface area contributed by atoms with Crippen molar-refractivity contribution in [1.29, 1.82) is 0 Å². The van der Waals surface area contributed by atoms with Gasteiger partial charge in [0, 0.05) is 35.3 Å². The molecule has 1 saturated heterocycles. The van der Waals surface area contributed by atoms with Gasteiger partial charge in [0.2, 0.25) is 0 Å². The third kappa shape index (κ3) is 5.25. The Morgan fingerprint density at radius 3 is 2.26 bits per heavy atom. The van der Waals surface area contributed by atoms with E-state index in [9.17, 15) is 9.18 Å². The molecule has 1 aliphatic rings. The molecule has 1 amide bonds. The molecule has 0 spiro atoms. The minimum Gasteiger partial charge on any atom is -0.322 e. The normalized spacial score (nSPS) is 18.5. The second-order valence-corrected chi connectivity index (χ2v) is 9.55. The highest BCUT2D eigenvalue weighted by Crippen LogP contribution is 2.26. The molecule has 1 aromatic heterocycles. The first kappa shape index (κ1) is 23.2. The van der Waals surface area contributed by atoms with E-state index in [4.69, 9.17) is 4.98 Å². The van der Waals surface area contributed by atoms with Gasteiger partial charge in [-0.1, -0.05) is 36.8 Å². The molecule has 178 valence electrons. The highest BCUT2D eigenvalue weighted by atomic mass is 19.1. The zero-order valence-electron chi connectivity index (χ0n) is 20.2. The number of aromatic nitrogens is 1. The Balaban J connectivity index is 1.27. The van der Waals surface area contributed by atoms with Crippen LogP contribution in [0.5, 0.6) is 0 Å². The van der Waals surface area contributed by atoms with Crippen LogP contribution in [-0.2, 0) is 6.54 Å². The van der Waals surface area contributed by atoms with Gasteiger partial charge in [-0.2, -0.15) is 0 Å². The van der Waals surface area contributed by atoms with Crippen LogP contribution >= 0.6 is 0 Å². The van der Waals surface area contributed by atoms with Gasteiger partial charge in [-0.05, 0) is 86.3 Å². The summed E-state index contributed by atoms with van der Waals surface area (Å²) < 4.78 is 13.2. The summed E-state index contributed by atoms with van der Waals surface area (Å²) in [5, 5.41) is 3.98. The molecule has 0 aliphatic carbocycles. The average molecular weight is 468 g/mol. The van der Waals surface area contributed by atoms with Gasteiger partial charge in [-0.3, -0.25) is 14.7 Å². The number of benzene rings is 3. The maximum Gasteiger partial charge on any atom is 0.255 e. The van der Waals surface area contributed by atoms with E-state index in [1.165, 1.54) is 31.4 Å². The Morgan fingerprint density at radius 1 is 0.914 bits per heavy atom. The van der Waals surface area contributed by atoms with Gasteiger partial charge in [0.15, 0.2) is 0 Å². The number of piperidine rings is 1. The molecule has 1 aliphatic heterocycles. The summed E-state index contributed by atoms with van der Waals surface area (Å²) in [7, 11) is 0. The summed E-state index contributed by atoms with van der Waals surface area (Å²) in [5.74, 6) is -0.439. The minimum absolute atomic E-state index is 0.173. The number of halogens is 1. The number of hydrogen-bond donors (Lipinski definition) is 1. The van der Waals surface area contributed by atoms with E-state index in [0.717, 1.165) is 40.0 Å². The molecular formula is C30H30FN3O. The fraction of sp³-hybridized carbons (Fsp3) is 0.267. The van der Waals surface area contributed by atoms with Gasteiger partial charge in [0.05, 0.1) is 11.2 Å². The Kier molecular flexibility index (Phi) is 6.60. The van der Waals surface area contributed by atoms with Crippen molar-refractivity contribution in [2.24, 2.45) is 0 Å². The van der Waals surface area contributed by atoms with Gasteiger partial charge in [0.25, 0.3) is 5.91 Å². The molecule has 4 nitrogen and oxygen atoms in total. The van der Waals surface area contributed by atoms with E-state index < -0.39 is 0 Å². The number of amides is 1. The Hall–Kier alpha value is -3.57. The van der Waals surface area contributed by atoms with Gasteiger partial charge in [-0.25, -0.2) is 4.39 Å². The second-order valence-electron chi connectivity index (χ2n) is 9.55. The first-order valence-corrected chi connectivity index (χ1v) is 12.3. The zero-order chi connectivity index (χ0) is 24.4. The summed E-state index contributed by atoms with van der Waals surface area (Å²) in [6, 6.07) is 24.8. The molecule has 1 fully saturated rings. The lowest BCUT2D eigenvalue weighted by atomic mass is 9.97. The molecule has 2 heterocycles. The van der Waals surface area contributed by atoms with Crippen LogP contribution in [0.1, 0.15) is 49.2 Å². The van der Waals surface area contributed by atoms with Crippen LogP contribution in [0.15, 0.2) is 78.9 Å². The van der Waals surface area contributed by atoms with Gasteiger partial charge < -0.3 is 5.32 Å². The number of carbonyl (C=O) groups is 1. The molecule has 0 radical (unpaired) electrons. The number of hydrogen-bond acceptors (Lipinski definition) is 3. The molecular weight excluding hydrogens is 437 g/mol. The Bertz CT molecular complexity index is 1320. The molecule has 35 heavy (non-hydrogen) atoms. The lowest BCUT2D eigenvalue weighted by Crippen LogP contribution is -2.43. The maximum atomic E-state index is 13.2. The van der Waals surface area contributed by atoms with E-state index in [2.05, 4.69) is 36.2 Å².